The molecule has 1 saturated heterocycles. The molecule has 0 saturated carbocycles. The number of piperidine rings is 1. The zero-order chi connectivity index (χ0) is 17.1. The maximum Gasteiger partial charge on any atom is 0.314 e. The predicted octanol–water partition coefficient (Wildman–Crippen LogP) is 3.52. The van der Waals surface area contributed by atoms with Crippen molar-refractivity contribution in [1.29, 1.82) is 0 Å². The third-order valence-corrected chi connectivity index (χ3v) is 4.26. The summed E-state index contributed by atoms with van der Waals surface area (Å²) in [4.78, 5) is 17.0. The number of hydrogen-bond donors (Lipinski definition) is 1. The van der Waals surface area contributed by atoms with Gasteiger partial charge in [0.15, 0.2) is 0 Å². The summed E-state index contributed by atoms with van der Waals surface area (Å²) in [6, 6.07) is 8.27. The van der Waals surface area contributed by atoms with Crippen LogP contribution in [-0.4, -0.2) is 29.0 Å². The summed E-state index contributed by atoms with van der Waals surface area (Å²) in [7, 11) is 0. The van der Waals surface area contributed by atoms with Crippen LogP contribution in [-0.2, 0) is 0 Å². The van der Waals surface area contributed by atoms with Gasteiger partial charge in [-0.15, -0.1) is 0 Å². The Morgan fingerprint density at radius 3 is 2.92 bits per heavy atom. The number of halogens is 1. The first kappa shape index (κ1) is 16.2. The Kier molecular flexibility index (Phi) is 4.59. The molecule has 0 spiro atoms. The fraction of sp³-hybridized carbons (Fsp3) is 0.353. The van der Waals surface area contributed by atoms with E-state index in [-0.39, 0.29) is 23.4 Å². The molecule has 1 aromatic heterocycles. The molecule has 2 heterocycles. The molecule has 3 rings (SSSR count). The minimum absolute atomic E-state index is 0.000477. The predicted molar refractivity (Wildman–Crippen MR) is 90.9 cm³/mol. The zero-order valence-electron chi connectivity index (χ0n) is 13.4. The molecule has 1 aliphatic rings. The van der Waals surface area contributed by atoms with Gasteiger partial charge >= 0.3 is 5.69 Å². The van der Waals surface area contributed by atoms with Crippen molar-refractivity contribution in [2.45, 2.75) is 25.8 Å². The molecular formula is C17H19FN4O2. The van der Waals surface area contributed by atoms with E-state index in [1.54, 1.807) is 31.3 Å². The molecule has 6 nitrogen and oxygen atoms in total. The van der Waals surface area contributed by atoms with Gasteiger partial charge < -0.3 is 10.2 Å². The fourth-order valence-corrected chi connectivity index (χ4v) is 3.10. The van der Waals surface area contributed by atoms with Gasteiger partial charge in [-0.1, -0.05) is 12.1 Å². The van der Waals surface area contributed by atoms with Crippen LogP contribution < -0.4 is 10.2 Å². The van der Waals surface area contributed by atoms with Crippen molar-refractivity contribution in [1.82, 2.24) is 4.98 Å². The standard InChI is InChI=1S/C17H19FN4O2/c1-12-8-9-19-17(16(12)22(23)24)20-13-5-4-10-21(11-13)15-7-3-2-6-14(15)18/h2-3,6-9,13H,4-5,10-11H2,1H3,(H,19,20). The van der Waals surface area contributed by atoms with Crippen molar-refractivity contribution in [2.24, 2.45) is 0 Å². The lowest BCUT2D eigenvalue weighted by Crippen LogP contribution is -2.42. The molecule has 1 unspecified atom stereocenters. The molecule has 24 heavy (non-hydrogen) atoms. The molecule has 2 aromatic rings. The third-order valence-electron chi connectivity index (χ3n) is 4.26. The lowest BCUT2D eigenvalue weighted by molar-refractivity contribution is -0.384. The van der Waals surface area contributed by atoms with Crippen LogP contribution >= 0.6 is 0 Å². The van der Waals surface area contributed by atoms with Gasteiger partial charge in [-0.25, -0.2) is 9.37 Å². The number of para-hydroxylation sites is 1. The minimum Gasteiger partial charge on any atom is -0.367 e. The Bertz CT molecular complexity index is 753. The van der Waals surface area contributed by atoms with Crippen LogP contribution in [0.1, 0.15) is 18.4 Å². The third kappa shape index (κ3) is 3.29. The molecule has 1 aromatic carbocycles. The summed E-state index contributed by atoms with van der Waals surface area (Å²) in [5.74, 6) is 0.0261. The average Bonchev–Trinajstić information content (AvgIpc) is 2.55. The number of hydrogen-bond acceptors (Lipinski definition) is 5. The second-order valence-corrected chi connectivity index (χ2v) is 5.96. The Labute approximate surface area is 139 Å². The molecule has 126 valence electrons. The van der Waals surface area contributed by atoms with Gasteiger partial charge in [-0.05, 0) is 38.0 Å². The SMILES string of the molecule is Cc1ccnc(NC2CCCN(c3ccccc3F)C2)c1[N+](=O)[O-]. The summed E-state index contributed by atoms with van der Waals surface area (Å²) in [6.45, 7) is 3.04. The van der Waals surface area contributed by atoms with Crippen molar-refractivity contribution in [3.8, 4) is 0 Å². The normalized spacial score (nSPS) is 17.6. The van der Waals surface area contributed by atoms with Crippen molar-refractivity contribution < 1.29 is 9.31 Å². The number of rotatable bonds is 4. The van der Waals surface area contributed by atoms with Gasteiger partial charge in [0.1, 0.15) is 5.82 Å². The number of aryl methyl sites for hydroxylation is 1. The van der Waals surface area contributed by atoms with E-state index in [1.807, 2.05) is 11.0 Å². The number of aromatic nitrogens is 1. The summed E-state index contributed by atoms with van der Waals surface area (Å²) in [6.07, 6.45) is 3.30. The Hall–Kier alpha value is -2.70. The van der Waals surface area contributed by atoms with Gasteiger partial charge in [-0.2, -0.15) is 0 Å². The van der Waals surface area contributed by atoms with Crippen LogP contribution in [0.2, 0.25) is 0 Å². The molecular weight excluding hydrogens is 311 g/mol. The van der Waals surface area contributed by atoms with Gasteiger partial charge in [0.25, 0.3) is 0 Å². The van der Waals surface area contributed by atoms with E-state index in [9.17, 15) is 14.5 Å². The first-order chi connectivity index (χ1) is 11.6. The highest BCUT2D eigenvalue weighted by molar-refractivity contribution is 5.60. The first-order valence-electron chi connectivity index (χ1n) is 7.92. The van der Waals surface area contributed by atoms with Gasteiger partial charge in [-0.3, -0.25) is 10.1 Å². The van der Waals surface area contributed by atoms with Crippen LogP contribution in [0.4, 0.5) is 21.6 Å². The summed E-state index contributed by atoms with van der Waals surface area (Å²) in [5.41, 5.74) is 1.13. The minimum atomic E-state index is -0.415. The number of benzene rings is 1. The van der Waals surface area contributed by atoms with Crippen molar-refractivity contribution >= 4 is 17.2 Å². The van der Waals surface area contributed by atoms with E-state index in [0.717, 1.165) is 19.4 Å². The van der Waals surface area contributed by atoms with Gasteiger partial charge in [0.05, 0.1) is 10.6 Å². The van der Waals surface area contributed by atoms with Crippen molar-refractivity contribution in [2.75, 3.05) is 23.3 Å². The molecule has 0 radical (unpaired) electrons. The van der Waals surface area contributed by atoms with E-state index in [2.05, 4.69) is 10.3 Å². The van der Waals surface area contributed by atoms with Crippen LogP contribution in [0.3, 0.4) is 0 Å². The molecule has 7 heteroatoms. The highest BCUT2D eigenvalue weighted by Gasteiger charge is 2.25. The lowest BCUT2D eigenvalue weighted by Gasteiger charge is -2.35. The van der Waals surface area contributed by atoms with E-state index >= 15 is 0 Å². The van der Waals surface area contributed by atoms with Crippen LogP contribution in [0.15, 0.2) is 36.5 Å². The van der Waals surface area contributed by atoms with Crippen molar-refractivity contribution in [3.05, 3.63) is 58.0 Å². The maximum absolute atomic E-state index is 14.0. The van der Waals surface area contributed by atoms with Gasteiger partial charge in [0, 0.05) is 30.9 Å². The van der Waals surface area contributed by atoms with Crippen LogP contribution in [0.5, 0.6) is 0 Å². The Morgan fingerprint density at radius 1 is 1.38 bits per heavy atom. The monoisotopic (exact) mass is 330 g/mol. The quantitative estimate of drug-likeness (QED) is 0.686. The Morgan fingerprint density at radius 2 is 2.17 bits per heavy atom. The highest BCUT2D eigenvalue weighted by atomic mass is 19.1. The molecule has 1 atom stereocenters. The second-order valence-electron chi connectivity index (χ2n) is 5.96. The molecule has 1 N–H and O–H groups in total. The van der Waals surface area contributed by atoms with Crippen molar-refractivity contribution in [3.63, 3.8) is 0 Å². The number of nitrogens with zero attached hydrogens (tertiary/aromatic N) is 3. The maximum atomic E-state index is 14.0. The zero-order valence-corrected chi connectivity index (χ0v) is 13.4. The van der Waals surface area contributed by atoms with Gasteiger partial charge in [0.2, 0.25) is 5.82 Å². The number of pyridine rings is 1. The molecule has 0 bridgehead atoms. The largest absolute Gasteiger partial charge is 0.367 e. The van der Waals surface area contributed by atoms with Crippen LogP contribution in [0, 0.1) is 22.9 Å². The molecule has 1 aliphatic heterocycles. The summed E-state index contributed by atoms with van der Waals surface area (Å²) < 4.78 is 14.0. The smallest absolute Gasteiger partial charge is 0.314 e. The number of anilines is 2. The lowest BCUT2D eigenvalue weighted by atomic mass is 10.0. The molecule has 1 fully saturated rings. The Balaban J connectivity index is 1.78. The number of nitrogens with one attached hydrogen (secondary N) is 1. The second kappa shape index (κ2) is 6.82. The van der Waals surface area contributed by atoms with E-state index in [0.29, 0.717) is 17.8 Å². The number of nitro groups is 1. The van der Waals surface area contributed by atoms with E-state index in [4.69, 9.17) is 0 Å². The molecule has 0 amide bonds. The van der Waals surface area contributed by atoms with E-state index in [1.165, 1.54) is 6.07 Å². The molecule has 0 aliphatic carbocycles. The summed E-state index contributed by atoms with van der Waals surface area (Å²) >= 11 is 0. The summed E-state index contributed by atoms with van der Waals surface area (Å²) in [5, 5.41) is 14.5. The van der Waals surface area contributed by atoms with E-state index < -0.39 is 4.92 Å². The van der Waals surface area contributed by atoms with Crippen LogP contribution in [0.25, 0.3) is 0 Å². The average molecular weight is 330 g/mol. The topological polar surface area (TPSA) is 71.3 Å². The first-order valence-corrected chi connectivity index (χ1v) is 7.92. The highest BCUT2D eigenvalue weighted by Crippen LogP contribution is 2.29. The fourth-order valence-electron chi connectivity index (χ4n) is 3.10.